The highest BCUT2D eigenvalue weighted by atomic mass is 19.1. The molecule has 11 nitrogen and oxygen atoms in total. The lowest BCUT2D eigenvalue weighted by Crippen LogP contribution is -2.48. The maximum atomic E-state index is 14.4. The molecule has 5 heterocycles. The van der Waals surface area contributed by atoms with E-state index >= 15 is 0 Å². The predicted octanol–water partition coefficient (Wildman–Crippen LogP) is 6.49. The van der Waals surface area contributed by atoms with Crippen LogP contribution in [0.25, 0.3) is 22.3 Å². The molecule has 3 aliphatic rings. The summed E-state index contributed by atoms with van der Waals surface area (Å²) in [5, 5.41) is 9.26. The monoisotopic (exact) mass is 679 g/mol. The molecule has 1 amide bonds. The second-order valence-electron chi connectivity index (χ2n) is 14.6. The van der Waals surface area contributed by atoms with Gasteiger partial charge >= 0.3 is 6.09 Å². The lowest BCUT2D eigenvalue weighted by Gasteiger charge is -2.43. The molecule has 1 spiro atoms. The number of methoxy groups -OCH3 is 1. The number of piperidine rings is 1. The summed E-state index contributed by atoms with van der Waals surface area (Å²) in [4.78, 5) is 25.6. The van der Waals surface area contributed by atoms with Crippen LogP contribution in [-0.4, -0.2) is 69.3 Å². The van der Waals surface area contributed by atoms with Crippen LogP contribution >= 0.6 is 0 Å². The van der Waals surface area contributed by atoms with Crippen molar-refractivity contribution >= 4 is 34.3 Å². The van der Waals surface area contributed by atoms with E-state index in [1.165, 1.54) is 6.07 Å². The zero-order valence-electron chi connectivity index (χ0n) is 28.9. The van der Waals surface area contributed by atoms with Crippen LogP contribution in [0.3, 0.4) is 0 Å². The Bertz CT molecular complexity index is 2110. The Morgan fingerprint density at radius 1 is 1.12 bits per heavy atom. The third kappa shape index (κ3) is 5.85. The number of halogens is 1. The van der Waals surface area contributed by atoms with Crippen LogP contribution in [0.15, 0.2) is 60.9 Å². The highest BCUT2D eigenvalue weighted by Crippen LogP contribution is 2.52. The fraction of sp³-hybridized carbons (Fsp3) is 0.421. The lowest BCUT2D eigenvalue weighted by atomic mass is 9.73. The molecule has 0 bridgehead atoms. The summed E-state index contributed by atoms with van der Waals surface area (Å²) in [5.74, 6) is 1.33. The van der Waals surface area contributed by atoms with Gasteiger partial charge in [-0.2, -0.15) is 10.1 Å². The number of benzene rings is 2. The summed E-state index contributed by atoms with van der Waals surface area (Å²) >= 11 is 0. The van der Waals surface area contributed by atoms with Crippen LogP contribution in [-0.2, 0) is 22.4 Å². The van der Waals surface area contributed by atoms with Gasteiger partial charge in [0.2, 0.25) is 5.95 Å². The van der Waals surface area contributed by atoms with Gasteiger partial charge in [-0.15, -0.1) is 0 Å². The molecule has 0 saturated carbocycles. The maximum absolute atomic E-state index is 14.4. The summed E-state index contributed by atoms with van der Waals surface area (Å²) in [7, 11) is 1.66. The SMILES string of the molecule is COc1ccc(Cn2nc(C3=CCOCC3)c3c2nc(N2CCC4(CC2)Cc2cc(F)ccc2[C@H]4NC(=O)OC(C)(C)C)n2ccnc32)cc1. The van der Waals surface area contributed by atoms with E-state index in [2.05, 4.69) is 20.7 Å². The Labute approximate surface area is 290 Å². The largest absolute Gasteiger partial charge is 0.497 e. The van der Waals surface area contributed by atoms with Crippen LogP contribution in [0.4, 0.5) is 15.1 Å². The highest BCUT2D eigenvalue weighted by molar-refractivity contribution is 5.99. The first-order valence-corrected chi connectivity index (χ1v) is 17.3. The van der Waals surface area contributed by atoms with Crippen molar-refractivity contribution in [3.63, 3.8) is 0 Å². The molecule has 0 radical (unpaired) electrons. The number of aromatic nitrogens is 5. The number of amides is 1. The summed E-state index contributed by atoms with van der Waals surface area (Å²) in [6.07, 6.45) is 8.40. The molecule has 5 aromatic rings. The van der Waals surface area contributed by atoms with Crippen molar-refractivity contribution in [3.05, 3.63) is 89.1 Å². The number of hydrogen-bond acceptors (Lipinski definition) is 8. The third-order valence-corrected chi connectivity index (χ3v) is 10.2. The average Bonchev–Trinajstić information content (AvgIpc) is 3.80. The van der Waals surface area contributed by atoms with Crippen molar-refractivity contribution in [2.75, 3.05) is 38.3 Å². The second-order valence-corrected chi connectivity index (χ2v) is 14.6. The molecule has 1 aliphatic carbocycles. The minimum absolute atomic E-state index is 0.267. The van der Waals surface area contributed by atoms with Gasteiger partial charge in [-0.1, -0.05) is 24.3 Å². The van der Waals surface area contributed by atoms with E-state index in [0.29, 0.717) is 39.3 Å². The number of fused-ring (bicyclic) bond motifs is 4. The fourth-order valence-electron chi connectivity index (χ4n) is 7.87. The number of carbonyl (C=O) groups is 1. The molecule has 2 aromatic carbocycles. The summed E-state index contributed by atoms with van der Waals surface area (Å²) in [6, 6.07) is 12.6. The zero-order valence-corrected chi connectivity index (χ0v) is 28.9. The van der Waals surface area contributed by atoms with Gasteiger partial charge in [-0.25, -0.2) is 18.9 Å². The Hall–Kier alpha value is -4.97. The molecular weight excluding hydrogens is 637 g/mol. The number of carbonyl (C=O) groups excluding carboxylic acids is 1. The smallest absolute Gasteiger partial charge is 0.408 e. The van der Waals surface area contributed by atoms with Gasteiger partial charge in [-0.05, 0) is 93.0 Å². The fourth-order valence-corrected chi connectivity index (χ4v) is 7.87. The number of hydrogen-bond donors (Lipinski definition) is 1. The second kappa shape index (κ2) is 12.4. The van der Waals surface area contributed by atoms with E-state index in [0.717, 1.165) is 75.6 Å². The van der Waals surface area contributed by atoms with Crippen LogP contribution in [0.1, 0.15) is 68.5 Å². The number of ether oxygens (including phenoxy) is 3. The molecule has 1 atom stereocenters. The Kier molecular flexibility index (Phi) is 8.01. The molecule has 1 saturated heterocycles. The standard InChI is InChI=1S/C38H42FN7O4/c1-37(2,3)50-36(47)41-32-29-10-7-27(39)21-26(29)22-38(32)13-16-44(17-14-38)35-42-34-30(33-40-15-18-45(33)35)31(25-11-19-49-20-12-25)43-46(34)23-24-5-8-28(48-4)9-6-24/h5-11,15,18,21,32H,12-14,16-17,19-20,22-23H2,1-4H3,(H,41,47)/t32-/m1/s1. The van der Waals surface area contributed by atoms with Crippen LogP contribution < -0.4 is 15.0 Å². The minimum atomic E-state index is -0.633. The molecule has 1 N–H and O–H groups in total. The van der Waals surface area contributed by atoms with Gasteiger partial charge < -0.3 is 24.4 Å². The van der Waals surface area contributed by atoms with E-state index in [9.17, 15) is 9.18 Å². The van der Waals surface area contributed by atoms with Crippen LogP contribution in [0, 0.1) is 11.2 Å². The number of imidazole rings is 1. The van der Waals surface area contributed by atoms with E-state index in [1.54, 1.807) is 13.2 Å². The van der Waals surface area contributed by atoms with Crippen molar-refractivity contribution in [3.8, 4) is 5.75 Å². The van der Waals surface area contributed by atoms with Gasteiger partial charge in [0.25, 0.3) is 0 Å². The van der Waals surface area contributed by atoms with Crippen LogP contribution in [0.5, 0.6) is 5.75 Å². The van der Waals surface area contributed by atoms with Gasteiger partial charge in [0.1, 0.15) is 22.9 Å². The predicted molar refractivity (Wildman–Crippen MR) is 188 cm³/mol. The molecule has 50 heavy (non-hydrogen) atoms. The van der Waals surface area contributed by atoms with Gasteiger partial charge in [0, 0.05) is 30.9 Å². The van der Waals surface area contributed by atoms with Crippen molar-refractivity contribution in [2.45, 2.75) is 64.6 Å². The van der Waals surface area contributed by atoms with Crippen molar-refractivity contribution in [2.24, 2.45) is 5.41 Å². The quantitative estimate of drug-likeness (QED) is 0.217. The molecule has 0 unspecified atom stereocenters. The lowest BCUT2D eigenvalue weighted by molar-refractivity contribution is 0.0427. The van der Waals surface area contributed by atoms with Crippen molar-refractivity contribution in [1.29, 1.82) is 0 Å². The normalized spacial score (nSPS) is 18.8. The molecule has 260 valence electrons. The number of nitrogens with zero attached hydrogens (tertiary/aromatic N) is 6. The summed E-state index contributed by atoms with van der Waals surface area (Å²) in [5.41, 5.74) is 5.65. The van der Waals surface area contributed by atoms with E-state index in [1.807, 2.05) is 68.2 Å². The first kappa shape index (κ1) is 32.2. The number of anilines is 1. The van der Waals surface area contributed by atoms with Gasteiger partial charge in [0.15, 0.2) is 11.3 Å². The van der Waals surface area contributed by atoms with Gasteiger partial charge in [-0.3, -0.25) is 4.40 Å². The molecule has 12 heteroatoms. The zero-order chi connectivity index (χ0) is 34.6. The molecular formula is C38H42FN7O4. The summed E-state index contributed by atoms with van der Waals surface area (Å²) in [6.45, 7) is 8.67. The third-order valence-electron chi connectivity index (χ3n) is 10.2. The first-order valence-electron chi connectivity index (χ1n) is 17.3. The van der Waals surface area contributed by atoms with Crippen molar-refractivity contribution < 1.29 is 23.4 Å². The number of nitrogens with one attached hydrogen (secondary N) is 1. The molecule has 2 aliphatic heterocycles. The Morgan fingerprint density at radius 2 is 1.92 bits per heavy atom. The highest BCUT2D eigenvalue weighted by Gasteiger charge is 2.49. The Balaban J connectivity index is 1.15. The van der Waals surface area contributed by atoms with Crippen LogP contribution in [0.2, 0.25) is 0 Å². The molecule has 8 rings (SSSR count). The Morgan fingerprint density at radius 3 is 2.64 bits per heavy atom. The first-order chi connectivity index (χ1) is 24.1. The minimum Gasteiger partial charge on any atom is -0.497 e. The molecule has 3 aromatic heterocycles. The maximum Gasteiger partial charge on any atom is 0.408 e. The van der Waals surface area contributed by atoms with E-state index in [4.69, 9.17) is 29.3 Å². The summed E-state index contributed by atoms with van der Waals surface area (Å²) < 4.78 is 35.2. The molecule has 1 fully saturated rings. The number of alkyl carbamates (subject to hydrolysis) is 1. The van der Waals surface area contributed by atoms with E-state index in [-0.39, 0.29) is 17.3 Å². The van der Waals surface area contributed by atoms with Gasteiger partial charge in [0.05, 0.1) is 38.3 Å². The topological polar surface area (TPSA) is 108 Å². The van der Waals surface area contributed by atoms with Crippen molar-refractivity contribution in [1.82, 2.24) is 29.5 Å². The average molecular weight is 680 g/mol. The number of rotatable bonds is 6. The van der Waals surface area contributed by atoms with E-state index < -0.39 is 11.7 Å².